The fraction of sp³-hybridized carbons (Fsp3) is 0.100. The van der Waals surface area contributed by atoms with Gasteiger partial charge in [0.25, 0.3) is 0 Å². The van der Waals surface area contributed by atoms with E-state index in [1.165, 1.54) is 82.9 Å². The van der Waals surface area contributed by atoms with Gasteiger partial charge in [-0.05, 0) is 113 Å². The van der Waals surface area contributed by atoms with Crippen molar-refractivity contribution in [3.05, 3.63) is 216 Å². The average Bonchev–Trinajstić information content (AvgIpc) is 3.69. The molecule has 62 heavy (non-hydrogen) atoms. The van der Waals surface area contributed by atoms with Crippen molar-refractivity contribution >= 4 is 21.5 Å². The second kappa shape index (κ2) is 13.5. The zero-order valence-electron chi connectivity index (χ0n) is 35.4. The van der Waals surface area contributed by atoms with Crippen molar-refractivity contribution in [2.75, 3.05) is 0 Å². The van der Waals surface area contributed by atoms with Crippen molar-refractivity contribution in [2.45, 2.75) is 38.5 Å². The lowest BCUT2D eigenvalue weighted by Gasteiger charge is -2.23. The molecule has 12 rings (SSSR count). The summed E-state index contributed by atoms with van der Waals surface area (Å²) >= 11 is 0. The van der Waals surface area contributed by atoms with Crippen molar-refractivity contribution in [3.8, 4) is 78.4 Å². The Morgan fingerprint density at radius 3 is 1.39 bits per heavy atom. The van der Waals surface area contributed by atoms with E-state index in [9.17, 15) is 0 Å². The highest BCUT2D eigenvalue weighted by molar-refractivity contribution is 6.22. The molecule has 0 atom stereocenters. The van der Waals surface area contributed by atoms with Crippen LogP contribution in [-0.2, 0) is 10.8 Å². The molecule has 0 unspecified atom stereocenters. The van der Waals surface area contributed by atoms with Gasteiger partial charge >= 0.3 is 0 Å². The summed E-state index contributed by atoms with van der Waals surface area (Å²) in [5, 5.41) is 4.73. The van der Waals surface area contributed by atoms with E-state index in [0.717, 1.165) is 33.5 Å². The molecule has 2 aliphatic carbocycles. The topological polar surface area (TPSA) is 25.8 Å². The number of fused-ring (bicyclic) bond motifs is 8. The van der Waals surface area contributed by atoms with Crippen molar-refractivity contribution in [2.24, 2.45) is 0 Å². The van der Waals surface area contributed by atoms with Crippen LogP contribution in [0.5, 0.6) is 0 Å². The van der Waals surface area contributed by atoms with E-state index in [1.54, 1.807) is 0 Å². The maximum absolute atomic E-state index is 5.44. The minimum Gasteiger partial charge on any atom is -0.228 e. The molecule has 0 fully saturated rings. The Bertz CT molecular complexity index is 3390. The van der Waals surface area contributed by atoms with Gasteiger partial charge in [-0.2, -0.15) is 0 Å². The number of benzene rings is 9. The molecule has 0 radical (unpaired) electrons. The third-order valence-electron chi connectivity index (χ3n) is 13.9. The molecule has 0 spiro atoms. The maximum Gasteiger partial charge on any atom is 0.160 e. The monoisotopic (exact) mass is 792 g/mol. The minimum absolute atomic E-state index is 0.0952. The lowest BCUT2D eigenvalue weighted by Crippen LogP contribution is -2.15. The summed E-state index contributed by atoms with van der Waals surface area (Å²) in [6, 6.07) is 71.2. The van der Waals surface area contributed by atoms with Gasteiger partial charge in [-0.25, -0.2) is 9.97 Å². The van der Waals surface area contributed by atoms with Gasteiger partial charge in [0.1, 0.15) is 0 Å². The Balaban J connectivity index is 1.15. The quantitative estimate of drug-likeness (QED) is 0.162. The highest BCUT2D eigenvalue weighted by atomic mass is 14.9. The van der Waals surface area contributed by atoms with Crippen molar-refractivity contribution in [1.82, 2.24) is 9.97 Å². The normalized spacial score (nSPS) is 14.1. The van der Waals surface area contributed by atoms with E-state index in [-0.39, 0.29) is 10.8 Å². The smallest absolute Gasteiger partial charge is 0.160 e. The van der Waals surface area contributed by atoms with Crippen LogP contribution in [0.1, 0.15) is 49.9 Å². The summed E-state index contributed by atoms with van der Waals surface area (Å²) < 4.78 is 0. The Hall–Kier alpha value is -7.42. The van der Waals surface area contributed by atoms with Gasteiger partial charge < -0.3 is 0 Å². The van der Waals surface area contributed by atoms with E-state index >= 15 is 0 Å². The molecule has 0 saturated carbocycles. The molecule has 0 amide bonds. The zero-order chi connectivity index (χ0) is 41.7. The summed E-state index contributed by atoms with van der Waals surface area (Å²) in [6.07, 6.45) is 0. The van der Waals surface area contributed by atoms with Crippen molar-refractivity contribution < 1.29 is 0 Å². The molecule has 1 aromatic heterocycles. The highest BCUT2D eigenvalue weighted by Gasteiger charge is 2.37. The van der Waals surface area contributed by atoms with Gasteiger partial charge in [0.2, 0.25) is 0 Å². The molecule has 294 valence electrons. The van der Waals surface area contributed by atoms with E-state index in [4.69, 9.17) is 9.97 Å². The minimum atomic E-state index is -0.129. The van der Waals surface area contributed by atoms with Gasteiger partial charge in [-0.3, -0.25) is 0 Å². The average molecular weight is 793 g/mol. The highest BCUT2D eigenvalue weighted by Crippen LogP contribution is 2.53. The molecule has 2 aliphatic rings. The molecule has 2 heteroatoms. The third-order valence-corrected chi connectivity index (χ3v) is 13.9. The molecule has 0 saturated heterocycles. The van der Waals surface area contributed by atoms with Crippen LogP contribution in [0.4, 0.5) is 0 Å². The van der Waals surface area contributed by atoms with Crippen LogP contribution in [0, 0.1) is 0 Å². The van der Waals surface area contributed by atoms with E-state index in [2.05, 4.69) is 216 Å². The lowest BCUT2D eigenvalue weighted by atomic mass is 9.80. The number of hydrogen-bond donors (Lipinski definition) is 0. The van der Waals surface area contributed by atoms with Crippen LogP contribution in [0.25, 0.3) is 100.0 Å². The van der Waals surface area contributed by atoms with E-state index in [0.29, 0.717) is 5.82 Å². The molecule has 0 aliphatic heterocycles. The van der Waals surface area contributed by atoms with E-state index in [1.807, 2.05) is 6.07 Å². The van der Waals surface area contributed by atoms with Crippen LogP contribution in [-0.4, -0.2) is 9.97 Å². The number of nitrogens with zero attached hydrogens (tertiary/aromatic N) is 2. The first-order valence-corrected chi connectivity index (χ1v) is 21.7. The molecule has 9 aromatic carbocycles. The predicted molar refractivity (Wildman–Crippen MR) is 259 cm³/mol. The van der Waals surface area contributed by atoms with Crippen LogP contribution < -0.4 is 0 Å². The van der Waals surface area contributed by atoms with Crippen LogP contribution in [0.2, 0.25) is 0 Å². The number of hydrogen-bond acceptors (Lipinski definition) is 2. The predicted octanol–water partition coefficient (Wildman–Crippen LogP) is 15.7. The first-order valence-electron chi connectivity index (χ1n) is 21.7. The largest absolute Gasteiger partial charge is 0.228 e. The molecule has 10 aromatic rings. The summed E-state index contributed by atoms with van der Waals surface area (Å²) in [5.41, 5.74) is 20.5. The fourth-order valence-electron chi connectivity index (χ4n) is 10.7. The Labute approximate surface area is 363 Å². The first-order chi connectivity index (χ1) is 30.3. The SMILES string of the molecule is CC1(C)c2ccccc2-c2ccc(-c3ccc4c(-c5cc(-c6ccccc6)nc(-c6ccccc6)n5)c5ccccc5c(-c5ccc6c(c5)C(C)(C)c5ccccc5-6)c4c3)cc21. The third kappa shape index (κ3) is 5.43. The standard InChI is InChI=1S/C60H44N2/c1-59(2)50-25-15-13-21-42(50)44-30-27-40(34-52(44)59)39-28-32-48-49(33-39)56(41-29-31-45-43-22-14-16-26-51(43)60(3,4)53(45)35-41)46-23-11-12-24-47(46)57(48)55-36-54(37-17-7-5-8-18-37)61-58(62-55)38-19-9-6-10-20-38/h5-36H,1-4H3. The molecule has 0 bridgehead atoms. The van der Waals surface area contributed by atoms with Crippen LogP contribution in [0.15, 0.2) is 194 Å². The zero-order valence-corrected chi connectivity index (χ0v) is 35.4. The van der Waals surface area contributed by atoms with Gasteiger partial charge in [0, 0.05) is 27.5 Å². The second-order valence-corrected chi connectivity index (χ2v) is 18.1. The van der Waals surface area contributed by atoms with Gasteiger partial charge in [0.05, 0.1) is 11.4 Å². The molecule has 2 nitrogen and oxygen atoms in total. The molecule has 0 N–H and O–H groups in total. The molecular formula is C60H44N2. The summed E-state index contributed by atoms with van der Waals surface area (Å²) in [7, 11) is 0. The van der Waals surface area contributed by atoms with Crippen LogP contribution >= 0.6 is 0 Å². The number of rotatable bonds is 5. The molecular weight excluding hydrogens is 749 g/mol. The Morgan fingerprint density at radius 2 is 0.742 bits per heavy atom. The van der Waals surface area contributed by atoms with Crippen LogP contribution in [0.3, 0.4) is 0 Å². The van der Waals surface area contributed by atoms with Gasteiger partial charge in [-0.15, -0.1) is 0 Å². The lowest BCUT2D eigenvalue weighted by molar-refractivity contribution is 0.660. The number of aromatic nitrogens is 2. The molecule has 1 heterocycles. The van der Waals surface area contributed by atoms with Gasteiger partial charge in [0.15, 0.2) is 5.82 Å². The maximum atomic E-state index is 5.44. The summed E-state index contributed by atoms with van der Waals surface area (Å²) in [5.74, 6) is 0.710. The Morgan fingerprint density at radius 1 is 0.290 bits per heavy atom. The fourth-order valence-corrected chi connectivity index (χ4v) is 10.7. The van der Waals surface area contributed by atoms with Crippen molar-refractivity contribution in [3.63, 3.8) is 0 Å². The van der Waals surface area contributed by atoms with E-state index < -0.39 is 0 Å². The summed E-state index contributed by atoms with van der Waals surface area (Å²) in [6.45, 7) is 9.47. The summed E-state index contributed by atoms with van der Waals surface area (Å²) in [4.78, 5) is 10.6. The second-order valence-electron chi connectivity index (χ2n) is 18.1. The first kappa shape index (κ1) is 36.4. The Kier molecular flexibility index (Phi) is 7.96. The van der Waals surface area contributed by atoms with Gasteiger partial charge in [-0.1, -0.05) is 198 Å². The van der Waals surface area contributed by atoms with Crippen molar-refractivity contribution in [1.29, 1.82) is 0 Å².